The van der Waals surface area contributed by atoms with Crippen molar-refractivity contribution in [1.82, 2.24) is 9.80 Å². The Morgan fingerprint density at radius 3 is 1.80 bits per heavy atom. The van der Waals surface area contributed by atoms with E-state index >= 15 is 0 Å². The summed E-state index contributed by atoms with van der Waals surface area (Å²) in [4.78, 5) is 28.9. The van der Waals surface area contributed by atoms with Crippen molar-refractivity contribution in [2.45, 2.75) is 13.0 Å². The van der Waals surface area contributed by atoms with E-state index in [-0.39, 0.29) is 17.9 Å². The Morgan fingerprint density at radius 2 is 1.32 bits per heavy atom. The molecule has 3 rings (SSSR count). The van der Waals surface area contributed by atoms with E-state index in [9.17, 15) is 9.59 Å². The van der Waals surface area contributed by atoms with Crippen LogP contribution in [0.1, 0.15) is 27.6 Å². The van der Waals surface area contributed by atoms with E-state index in [4.69, 9.17) is 23.2 Å². The van der Waals surface area contributed by atoms with Crippen LogP contribution in [0.15, 0.2) is 48.5 Å². The van der Waals surface area contributed by atoms with Crippen LogP contribution in [0.2, 0.25) is 10.0 Å². The molecule has 2 aromatic carbocycles. The Morgan fingerprint density at radius 1 is 0.840 bits per heavy atom. The molecule has 0 unspecified atom stereocenters. The van der Waals surface area contributed by atoms with Gasteiger partial charge in [0.05, 0.1) is 0 Å². The van der Waals surface area contributed by atoms with Crippen LogP contribution in [0.25, 0.3) is 0 Å². The Balaban J connectivity index is 1.67. The van der Waals surface area contributed by atoms with Gasteiger partial charge in [-0.25, -0.2) is 0 Å². The maximum Gasteiger partial charge on any atom is 0.254 e. The maximum atomic E-state index is 12.7. The number of nitrogens with zero attached hydrogens (tertiary/aromatic N) is 2. The van der Waals surface area contributed by atoms with Crippen molar-refractivity contribution in [1.29, 1.82) is 0 Å². The molecule has 6 heteroatoms. The molecule has 0 saturated carbocycles. The molecule has 0 N–H and O–H groups in total. The van der Waals surface area contributed by atoms with Gasteiger partial charge in [0.25, 0.3) is 11.8 Å². The fraction of sp³-hybridized carbons (Fsp3) is 0.263. The van der Waals surface area contributed by atoms with Crippen molar-refractivity contribution in [3.05, 3.63) is 69.7 Å². The lowest BCUT2D eigenvalue weighted by Crippen LogP contribution is -2.55. The number of halogens is 2. The Hall–Kier alpha value is -2.04. The largest absolute Gasteiger partial charge is 0.335 e. The number of rotatable bonds is 2. The highest BCUT2D eigenvalue weighted by molar-refractivity contribution is 6.31. The second-order valence-corrected chi connectivity index (χ2v) is 6.99. The van der Waals surface area contributed by atoms with Crippen molar-refractivity contribution in [3.8, 4) is 0 Å². The molecule has 1 atom stereocenters. The van der Waals surface area contributed by atoms with Crippen molar-refractivity contribution in [2.24, 2.45) is 0 Å². The van der Waals surface area contributed by atoms with Crippen LogP contribution >= 0.6 is 23.2 Å². The Labute approximate surface area is 156 Å². The highest BCUT2D eigenvalue weighted by Crippen LogP contribution is 2.18. The molecule has 2 amide bonds. The van der Waals surface area contributed by atoms with Crippen molar-refractivity contribution in [3.63, 3.8) is 0 Å². The predicted molar refractivity (Wildman–Crippen MR) is 99.3 cm³/mol. The monoisotopic (exact) mass is 376 g/mol. The number of amides is 2. The molecular formula is C19H18Cl2N2O2. The molecule has 1 aliphatic heterocycles. The second kappa shape index (κ2) is 7.46. The number of hydrogen-bond donors (Lipinski definition) is 0. The van der Waals surface area contributed by atoms with E-state index in [0.717, 1.165) is 0 Å². The normalized spacial score (nSPS) is 17.5. The molecule has 0 aromatic heterocycles. The third kappa shape index (κ3) is 3.97. The van der Waals surface area contributed by atoms with Crippen molar-refractivity contribution < 1.29 is 9.59 Å². The van der Waals surface area contributed by atoms with E-state index in [1.54, 1.807) is 58.3 Å². The van der Waals surface area contributed by atoms with E-state index in [1.165, 1.54) is 0 Å². The smallest absolute Gasteiger partial charge is 0.254 e. The third-order valence-corrected chi connectivity index (χ3v) is 4.86. The molecule has 0 aliphatic carbocycles. The summed E-state index contributed by atoms with van der Waals surface area (Å²) >= 11 is 11.7. The highest BCUT2D eigenvalue weighted by Gasteiger charge is 2.30. The van der Waals surface area contributed by atoms with E-state index in [2.05, 4.69) is 0 Å². The van der Waals surface area contributed by atoms with E-state index < -0.39 is 0 Å². The van der Waals surface area contributed by atoms with Gasteiger partial charge in [0.1, 0.15) is 0 Å². The first-order valence-corrected chi connectivity index (χ1v) is 8.82. The van der Waals surface area contributed by atoms with Crippen LogP contribution in [0.5, 0.6) is 0 Å². The number of carbonyl (C=O) groups excluding carboxylic acids is 2. The summed E-state index contributed by atoms with van der Waals surface area (Å²) in [7, 11) is 0. The summed E-state index contributed by atoms with van der Waals surface area (Å²) in [6, 6.07) is 13.7. The van der Waals surface area contributed by atoms with Gasteiger partial charge in [-0.15, -0.1) is 0 Å². The second-order valence-electron chi connectivity index (χ2n) is 6.11. The molecular weight excluding hydrogens is 359 g/mol. The van der Waals surface area contributed by atoms with Gasteiger partial charge in [0, 0.05) is 46.8 Å². The molecule has 4 nitrogen and oxygen atoms in total. The van der Waals surface area contributed by atoms with Gasteiger partial charge in [-0.1, -0.05) is 23.2 Å². The zero-order valence-corrected chi connectivity index (χ0v) is 15.3. The number of carbonyl (C=O) groups is 2. The fourth-order valence-electron chi connectivity index (χ4n) is 2.98. The molecule has 0 bridgehead atoms. The van der Waals surface area contributed by atoms with Gasteiger partial charge in [-0.05, 0) is 55.5 Å². The first kappa shape index (κ1) is 17.8. The first-order chi connectivity index (χ1) is 12.0. The molecule has 1 aliphatic rings. The van der Waals surface area contributed by atoms with Crippen LogP contribution in [0, 0.1) is 0 Å². The van der Waals surface area contributed by atoms with Gasteiger partial charge in [0.15, 0.2) is 0 Å². The molecule has 1 saturated heterocycles. The lowest BCUT2D eigenvalue weighted by molar-refractivity contribution is 0.0414. The summed E-state index contributed by atoms with van der Waals surface area (Å²) in [6.45, 7) is 3.46. The number of hydrogen-bond acceptors (Lipinski definition) is 2. The van der Waals surface area contributed by atoms with E-state index in [1.807, 2.05) is 6.92 Å². The van der Waals surface area contributed by atoms with Gasteiger partial charge >= 0.3 is 0 Å². The fourth-order valence-corrected chi connectivity index (χ4v) is 3.23. The van der Waals surface area contributed by atoms with Crippen LogP contribution < -0.4 is 0 Å². The van der Waals surface area contributed by atoms with Gasteiger partial charge in [-0.3, -0.25) is 9.59 Å². The Bertz CT molecular complexity index is 775. The molecule has 1 fully saturated rings. The van der Waals surface area contributed by atoms with Crippen LogP contribution in [-0.2, 0) is 0 Å². The minimum Gasteiger partial charge on any atom is -0.335 e. The standard InChI is InChI=1S/C19H18Cl2N2O2/c1-13-12-22(18(24)14-2-6-16(20)7-3-14)10-11-23(13)19(25)15-4-8-17(21)9-5-15/h2-9,13H,10-12H2,1H3/t13-/m0/s1. The molecule has 25 heavy (non-hydrogen) atoms. The minimum absolute atomic E-state index is 0.0391. The minimum atomic E-state index is -0.0619. The van der Waals surface area contributed by atoms with Gasteiger partial charge in [-0.2, -0.15) is 0 Å². The number of piperazine rings is 1. The molecule has 0 radical (unpaired) electrons. The van der Waals surface area contributed by atoms with Crippen LogP contribution in [0.4, 0.5) is 0 Å². The highest BCUT2D eigenvalue weighted by atomic mass is 35.5. The first-order valence-electron chi connectivity index (χ1n) is 8.07. The quantitative estimate of drug-likeness (QED) is 0.795. The van der Waals surface area contributed by atoms with E-state index in [0.29, 0.717) is 40.8 Å². The van der Waals surface area contributed by atoms with Crippen LogP contribution in [-0.4, -0.2) is 47.3 Å². The van der Waals surface area contributed by atoms with Gasteiger partial charge in [0.2, 0.25) is 0 Å². The summed E-state index contributed by atoms with van der Waals surface area (Å²) in [5.41, 5.74) is 1.21. The lowest BCUT2D eigenvalue weighted by atomic mass is 10.1. The Kier molecular flexibility index (Phi) is 5.30. The van der Waals surface area contributed by atoms with Crippen LogP contribution in [0.3, 0.4) is 0 Å². The summed E-state index contributed by atoms with van der Waals surface area (Å²) < 4.78 is 0. The van der Waals surface area contributed by atoms with Gasteiger partial charge < -0.3 is 9.80 Å². The molecule has 2 aromatic rings. The molecule has 0 spiro atoms. The SMILES string of the molecule is C[C@H]1CN(C(=O)c2ccc(Cl)cc2)CCN1C(=O)c1ccc(Cl)cc1. The van der Waals surface area contributed by atoms with Crippen molar-refractivity contribution >= 4 is 35.0 Å². The molecule has 1 heterocycles. The van der Waals surface area contributed by atoms with Crippen molar-refractivity contribution in [2.75, 3.05) is 19.6 Å². The average molecular weight is 377 g/mol. The maximum absolute atomic E-state index is 12.7. The molecule has 130 valence electrons. The zero-order chi connectivity index (χ0) is 18.0. The summed E-state index contributed by atoms with van der Waals surface area (Å²) in [5, 5.41) is 1.20. The lowest BCUT2D eigenvalue weighted by Gasteiger charge is -2.40. The average Bonchev–Trinajstić information content (AvgIpc) is 2.62. The topological polar surface area (TPSA) is 40.6 Å². The zero-order valence-electron chi connectivity index (χ0n) is 13.8. The number of benzene rings is 2. The predicted octanol–water partition coefficient (Wildman–Crippen LogP) is 3.98. The summed E-state index contributed by atoms with van der Waals surface area (Å²) in [6.07, 6.45) is 0. The third-order valence-electron chi connectivity index (χ3n) is 4.36. The summed E-state index contributed by atoms with van der Waals surface area (Å²) in [5.74, 6) is -0.0788.